The van der Waals surface area contributed by atoms with Crippen molar-refractivity contribution in [2.24, 2.45) is 0 Å². The van der Waals surface area contributed by atoms with Gasteiger partial charge in [-0.1, -0.05) is 22.0 Å². The minimum Gasteiger partial charge on any atom is -0.495 e. The predicted molar refractivity (Wildman–Crippen MR) is 60.7 cm³/mol. The highest BCUT2D eigenvalue weighted by atomic mass is 79.9. The van der Waals surface area contributed by atoms with Gasteiger partial charge in [0.2, 0.25) is 0 Å². The number of hydrogen-bond acceptors (Lipinski definition) is 2. The van der Waals surface area contributed by atoms with Crippen molar-refractivity contribution in [3.63, 3.8) is 0 Å². The molecule has 0 N–H and O–H groups in total. The van der Waals surface area contributed by atoms with Crippen molar-refractivity contribution < 1.29 is 18.3 Å². The number of methoxy groups -OCH3 is 1. The van der Waals surface area contributed by atoms with E-state index < -0.39 is 11.3 Å². The van der Waals surface area contributed by atoms with E-state index in [0.717, 1.165) is 0 Å². The Kier molecular flexibility index (Phi) is 4.41. The maximum absolute atomic E-state index is 12.7. The van der Waals surface area contributed by atoms with Crippen molar-refractivity contribution in [3.05, 3.63) is 29.3 Å². The van der Waals surface area contributed by atoms with Crippen LogP contribution in [0.2, 0.25) is 0 Å². The van der Waals surface area contributed by atoms with E-state index in [4.69, 9.17) is 4.74 Å². The summed E-state index contributed by atoms with van der Waals surface area (Å²) in [6, 6.07) is 4.15. The Morgan fingerprint density at radius 1 is 1.44 bits per heavy atom. The van der Waals surface area contributed by atoms with Crippen LogP contribution < -0.4 is 4.74 Å². The molecular weight excluding hydrogens is 282 g/mol. The van der Waals surface area contributed by atoms with Gasteiger partial charge >= 0.3 is 0 Å². The number of benzene rings is 1. The standard InChI is InChI=1S/C11H11BrF2O2/c1-6(12)9(15)7-4-3-5-8(11(13)14)10(7)16-2/h3-6,11H,1-2H3. The number of Topliss-reactive ketones (excluding diaryl/α,β-unsaturated/α-hetero) is 1. The number of halogens is 3. The molecular formula is C11H11BrF2O2. The molecule has 0 aliphatic rings. The molecule has 0 heterocycles. The number of rotatable bonds is 4. The van der Waals surface area contributed by atoms with Gasteiger partial charge in [-0.2, -0.15) is 0 Å². The average molecular weight is 293 g/mol. The molecule has 2 nitrogen and oxygen atoms in total. The normalized spacial score (nSPS) is 12.6. The second-order valence-corrected chi connectivity index (χ2v) is 4.58. The Hall–Kier alpha value is -0.970. The topological polar surface area (TPSA) is 26.3 Å². The molecule has 0 saturated heterocycles. The van der Waals surface area contributed by atoms with Crippen molar-refractivity contribution in [2.45, 2.75) is 18.2 Å². The fourth-order valence-electron chi connectivity index (χ4n) is 1.36. The van der Waals surface area contributed by atoms with Crippen LogP contribution in [-0.2, 0) is 0 Å². The van der Waals surface area contributed by atoms with Gasteiger partial charge in [-0.25, -0.2) is 8.78 Å². The zero-order valence-electron chi connectivity index (χ0n) is 8.84. The molecule has 0 amide bonds. The molecule has 1 unspecified atom stereocenters. The monoisotopic (exact) mass is 292 g/mol. The number of carbonyl (C=O) groups excluding carboxylic acids is 1. The molecule has 0 bridgehead atoms. The second kappa shape index (κ2) is 5.39. The third-order valence-electron chi connectivity index (χ3n) is 2.11. The molecule has 16 heavy (non-hydrogen) atoms. The van der Waals surface area contributed by atoms with E-state index in [1.54, 1.807) is 6.92 Å². The van der Waals surface area contributed by atoms with Gasteiger partial charge in [-0.05, 0) is 19.1 Å². The van der Waals surface area contributed by atoms with Crippen LogP contribution >= 0.6 is 15.9 Å². The van der Waals surface area contributed by atoms with E-state index in [0.29, 0.717) is 0 Å². The summed E-state index contributed by atoms with van der Waals surface area (Å²) >= 11 is 3.11. The van der Waals surface area contributed by atoms with E-state index in [9.17, 15) is 13.6 Å². The number of para-hydroxylation sites is 1. The first-order valence-electron chi connectivity index (χ1n) is 4.62. The predicted octanol–water partition coefficient (Wildman–Crippen LogP) is 3.60. The van der Waals surface area contributed by atoms with Gasteiger partial charge in [-0.3, -0.25) is 4.79 Å². The van der Waals surface area contributed by atoms with E-state index in [2.05, 4.69) is 15.9 Å². The lowest BCUT2D eigenvalue weighted by Crippen LogP contribution is -2.12. The Balaban J connectivity index is 3.29. The first-order chi connectivity index (χ1) is 7.49. The summed E-state index contributed by atoms with van der Waals surface area (Å²) in [5.74, 6) is -0.326. The lowest BCUT2D eigenvalue weighted by Gasteiger charge is -2.13. The minimum atomic E-state index is -2.66. The summed E-state index contributed by atoms with van der Waals surface area (Å²) in [5, 5.41) is 0. The number of hydrogen-bond donors (Lipinski definition) is 0. The van der Waals surface area contributed by atoms with Crippen LogP contribution in [0, 0.1) is 0 Å². The van der Waals surface area contributed by atoms with Crippen LogP contribution in [0.15, 0.2) is 18.2 Å². The highest BCUT2D eigenvalue weighted by Gasteiger charge is 2.22. The molecule has 0 aliphatic heterocycles. The molecule has 1 atom stereocenters. The third-order valence-corrected chi connectivity index (χ3v) is 2.53. The Labute approximate surface area is 101 Å². The SMILES string of the molecule is COc1c(C(=O)C(C)Br)cccc1C(F)F. The van der Waals surface area contributed by atoms with Gasteiger partial charge in [0.15, 0.2) is 5.78 Å². The number of alkyl halides is 3. The van der Waals surface area contributed by atoms with Crippen LogP contribution in [-0.4, -0.2) is 17.7 Å². The Morgan fingerprint density at radius 2 is 2.06 bits per heavy atom. The van der Waals surface area contributed by atoms with Crippen molar-refractivity contribution in [2.75, 3.05) is 7.11 Å². The highest BCUT2D eigenvalue weighted by Crippen LogP contribution is 2.33. The van der Waals surface area contributed by atoms with Crippen LogP contribution in [0.1, 0.15) is 29.3 Å². The largest absolute Gasteiger partial charge is 0.495 e. The lowest BCUT2D eigenvalue weighted by molar-refractivity contribution is 0.0991. The summed E-state index contributed by atoms with van der Waals surface area (Å²) in [6.45, 7) is 1.64. The summed E-state index contributed by atoms with van der Waals surface area (Å²) in [7, 11) is 1.27. The maximum atomic E-state index is 12.7. The molecule has 0 spiro atoms. The van der Waals surface area contributed by atoms with Crippen LogP contribution in [0.25, 0.3) is 0 Å². The first-order valence-corrected chi connectivity index (χ1v) is 5.54. The summed E-state index contributed by atoms with van der Waals surface area (Å²) < 4.78 is 30.2. The highest BCUT2D eigenvalue weighted by molar-refractivity contribution is 9.10. The molecule has 1 aromatic rings. The number of carbonyl (C=O) groups is 1. The molecule has 0 radical (unpaired) electrons. The number of ether oxygens (including phenoxy) is 1. The smallest absolute Gasteiger partial charge is 0.267 e. The van der Waals surface area contributed by atoms with Gasteiger partial charge in [0, 0.05) is 0 Å². The quantitative estimate of drug-likeness (QED) is 0.626. The van der Waals surface area contributed by atoms with E-state index >= 15 is 0 Å². The van der Waals surface area contributed by atoms with Crippen LogP contribution in [0.3, 0.4) is 0 Å². The van der Waals surface area contributed by atoms with Crippen molar-refractivity contribution in [1.82, 2.24) is 0 Å². The third kappa shape index (κ3) is 2.58. The van der Waals surface area contributed by atoms with Crippen molar-refractivity contribution >= 4 is 21.7 Å². The van der Waals surface area contributed by atoms with Gasteiger partial charge in [-0.15, -0.1) is 0 Å². The zero-order chi connectivity index (χ0) is 12.3. The number of ketones is 1. The van der Waals surface area contributed by atoms with E-state index in [1.165, 1.54) is 25.3 Å². The van der Waals surface area contributed by atoms with Crippen LogP contribution in [0.4, 0.5) is 8.78 Å². The molecule has 1 aromatic carbocycles. The Morgan fingerprint density at radius 3 is 2.50 bits per heavy atom. The molecule has 0 aliphatic carbocycles. The fourth-order valence-corrected chi connectivity index (χ4v) is 1.61. The average Bonchev–Trinajstić information content (AvgIpc) is 2.26. The van der Waals surface area contributed by atoms with Gasteiger partial charge in [0.05, 0.1) is 23.1 Å². The first kappa shape index (κ1) is 13.1. The van der Waals surface area contributed by atoms with Crippen molar-refractivity contribution in [3.8, 4) is 5.75 Å². The maximum Gasteiger partial charge on any atom is 0.267 e. The van der Waals surface area contributed by atoms with E-state index in [-0.39, 0.29) is 22.7 Å². The Bertz CT molecular complexity index is 392. The zero-order valence-corrected chi connectivity index (χ0v) is 10.4. The molecule has 88 valence electrons. The summed E-state index contributed by atoms with van der Waals surface area (Å²) in [4.78, 5) is 11.3. The summed E-state index contributed by atoms with van der Waals surface area (Å²) in [5.41, 5.74) is -0.0915. The molecule has 0 fully saturated rings. The lowest BCUT2D eigenvalue weighted by atomic mass is 10.0. The molecule has 5 heteroatoms. The van der Waals surface area contributed by atoms with Crippen molar-refractivity contribution in [1.29, 1.82) is 0 Å². The summed E-state index contributed by atoms with van der Waals surface area (Å²) in [6.07, 6.45) is -2.66. The molecule has 0 saturated carbocycles. The molecule has 0 aromatic heterocycles. The van der Waals surface area contributed by atoms with Gasteiger partial charge in [0.25, 0.3) is 6.43 Å². The fraction of sp³-hybridized carbons (Fsp3) is 0.364. The second-order valence-electron chi connectivity index (χ2n) is 3.21. The van der Waals surface area contributed by atoms with E-state index in [1.807, 2.05) is 0 Å². The minimum absolute atomic E-state index is 0.0474. The van der Waals surface area contributed by atoms with Gasteiger partial charge in [0.1, 0.15) is 5.75 Å². The van der Waals surface area contributed by atoms with Gasteiger partial charge < -0.3 is 4.74 Å². The van der Waals surface area contributed by atoms with Crippen LogP contribution in [0.5, 0.6) is 5.75 Å². The molecule has 1 rings (SSSR count).